The zero-order valence-electron chi connectivity index (χ0n) is 15.6. The molecule has 0 saturated carbocycles. The summed E-state index contributed by atoms with van der Waals surface area (Å²) in [5.74, 6) is 0.944. The van der Waals surface area contributed by atoms with Crippen molar-refractivity contribution in [1.29, 1.82) is 0 Å². The number of hydrogen-bond donors (Lipinski definition) is 0. The summed E-state index contributed by atoms with van der Waals surface area (Å²) in [5.41, 5.74) is 0. The predicted octanol–water partition coefficient (Wildman–Crippen LogP) is 2.90. The molecule has 0 aliphatic carbocycles. The lowest BCUT2D eigenvalue weighted by atomic mass is 10.1. The van der Waals surface area contributed by atoms with Crippen LogP contribution in [0.15, 0.2) is 24.3 Å². The minimum absolute atomic E-state index is 0.0379. The summed E-state index contributed by atoms with van der Waals surface area (Å²) < 4.78 is 15.5. The second-order valence-corrected chi connectivity index (χ2v) is 5.89. The van der Waals surface area contributed by atoms with E-state index in [0.717, 1.165) is 17.9 Å². The number of carbonyl (C=O) groups is 2. The predicted molar refractivity (Wildman–Crippen MR) is 95.8 cm³/mol. The quantitative estimate of drug-likeness (QED) is 0.453. The van der Waals surface area contributed by atoms with E-state index in [1.807, 2.05) is 31.2 Å². The number of amides is 1. The first-order valence-corrected chi connectivity index (χ1v) is 8.64. The van der Waals surface area contributed by atoms with Crippen LogP contribution in [-0.4, -0.2) is 50.7 Å². The number of ether oxygens (including phenoxy) is 3. The highest BCUT2D eigenvalue weighted by molar-refractivity contribution is 5.78. The number of methoxy groups -OCH3 is 2. The lowest BCUT2D eigenvalue weighted by molar-refractivity contribution is -0.146. The van der Waals surface area contributed by atoms with Crippen molar-refractivity contribution in [1.82, 2.24) is 4.90 Å². The highest BCUT2D eigenvalue weighted by atomic mass is 16.5. The van der Waals surface area contributed by atoms with Crippen molar-refractivity contribution in [2.45, 2.75) is 33.1 Å². The fourth-order valence-electron chi connectivity index (χ4n) is 2.44. The van der Waals surface area contributed by atoms with Gasteiger partial charge in [0, 0.05) is 19.5 Å². The van der Waals surface area contributed by atoms with E-state index in [9.17, 15) is 9.59 Å². The van der Waals surface area contributed by atoms with E-state index in [1.165, 1.54) is 7.11 Å². The molecular formula is C19H29NO5. The Morgan fingerprint density at radius 2 is 1.76 bits per heavy atom. The summed E-state index contributed by atoms with van der Waals surface area (Å²) >= 11 is 0. The van der Waals surface area contributed by atoms with E-state index in [1.54, 1.807) is 18.9 Å². The normalized spacial score (nSPS) is 11.5. The molecule has 6 nitrogen and oxygen atoms in total. The smallest absolute Gasteiger partial charge is 0.310 e. The number of hydrogen-bond acceptors (Lipinski definition) is 5. The average Bonchev–Trinajstić information content (AvgIpc) is 2.64. The largest absolute Gasteiger partial charge is 0.497 e. The van der Waals surface area contributed by atoms with Crippen molar-refractivity contribution in [3.63, 3.8) is 0 Å². The summed E-state index contributed by atoms with van der Waals surface area (Å²) in [5, 5.41) is 0. The fourth-order valence-corrected chi connectivity index (χ4v) is 2.44. The molecule has 0 saturated heterocycles. The molecule has 0 aromatic heterocycles. The van der Waals surface area contributed by atoms with Crippen LogP contribution >= 0.6 is 0 Å². The second-order valence-electron chi connectivity index (χ2n) is 5.89. The molecule has 0 radical (unpaired) electrons. The Morgan fingerprint density at radius 3 is 2.32 bits per heavy atom. The van der Waals surface area contributed by atoms with Crippen LogP contribution in [0.4, 0.5) is 0 Å². The van der Waals surface area contributed by atoms with Gasteiger partial charge < -0.3 is 19.1 Å². The van der Waals surface area contributed by atoms with Gasteiger partial charge in [-0.1, -0.05) is 13.8 Å². The number of benzene rings is 1. The van der Waals surface area contributed by atoms with Gasteiger partial charge in [0.25, 0.3) is 0 Å². The van der Waals surface area contributed by atoms with Crippen molar-refractivity contribution in [2.75, 3.05) is 33.9 Å². The van der Waals surface area contributed by atoms with Gasteiger partial charge in [-0.15, -0.1) is 0 Å². The third kappa shape index (κ3) is 7.45. The van der Waals surface area contributed by atoms with Gasteiger partial charge in [-0.3, -0.25) is 9.59 Å². The zero-order chi connectivity index (χ0) is 18.7. The van der Waals surface area contributed by atoms with Gasteiger partial charge in [-0.2, -0.15) is 0 Å². The van der Waals surface area contributed by atoms with Gasteiger partial charge in [0.15, 0.2) is 0 Å². The highest BCUT2D eigenvalue weighted by Crippen LogP contribution is 2.17. The van der Waals surface area contributed by atoms with E-state index in [2.05, 4.69) is 0 Å². The first-order chi connectivity index (χ1) is 12.0. The maximum Gasteiger partial charge on any atom is 0.310 e. The Hall–Kier alpha value is -2.24. The molecule has 0 aliphatic rings. The molecule has 0 heterocycles. The lowest BCUT2D eigenvalue weighted by Crippen LogP contribution is -2.37. The summed E-state index contributed by atoms with van der Waals surface area (Å²) in [6.45, 7) is 5.27. The van der Waals surface area contributed by atoms with E-state index >= 15 is 0 Å². The number of nitrogens with zero attached hydrogens (tertiary/aromatic N) is 1. The van der Waals surface area contributed by atoms with Crippen molar-refractivity contribution < 1.29 is 23.8 Å². The van der Waals surface area contributed by atoms with E-state index < -0.39 is 0 Å². The molecule has 0 spiro atoms. The maximum absolute atomic E-state index is 12.4. The van der Waals surface area contributed by atoms with Gasteiger partial charge >= 0.3 is 5.97 Å². The minimum atomic E-state index is -0.323. The molecule has 1 unspecified atom stereocenters. The van der Waals surface area contributed by atoms with Crippen LogP contribution in [0.25, 0.3) is 0 Å². The summed E-state index contributed by atoms with van der Waals surface area (Å²) in [6.07, 6.45) is 1.86. The molecule has 1 aromatic carbocycles. The topological polar surface area (TPSA) is 65.1 Å². The molecular weight excluding hydrogens is 322 g/mol. The van der Waals surface area contributed by atoms with Crippen molar-refractivity contribution in [3.8, 4) is 11.5 Å². The standard InChI is InChI=1S/C19H29NO5/c1-5-12-20(14-15(2)19(22)24-4)18(21)7-6-13-25-17-10-8-16(23-3)9-11-17/h8-11,15H,5-7,12-14H2,1-4H3. The van der Waals surface area contributed by atoms with Gasteiger partial charge in [-0.25, -0.2) is 0 Å². The maximum atomic E-state index is 12.4. The summed E-state index contributed by atoms with van der Waals surface area (Å²) in [7, 11) is 2.98. The molecule has 1 aromatic rings. The van der Waals surface area contributed by atoms with E-state index in [-0.39, 0.29) is 17.8 Å². The molecule has 0 N–H and O–H groups in total. The summed E-state index contributed by atoms with van der Waals surface area (Å²) in [6, 6.07) is 7.33. The van der Waals surface area contributed by atoms with Crippen molar-refractivity contribution >= 4 is 11.9 Å². The van der Waals surface area contributed by atoms with Crippen LogP contribution in [0.1, 0.15) is 33.1 Å². The van der Waals surface area contributed by atoms with Gasteiger partial charge in [0.1, 0.15) is 11.5 Å². The van der Waals surface area contributed by atoms with Crippen LogP contribution in [0, 0.1) is 5.92 Å². The molecule has 1 amide bonds. The molecule has 25 heavy (non-hydrogen) atoms. The third-order valence-electron chi connectivity index (χ3n) is 3.81. The van der Waals surface area contributed by atoms with Crippen molar-refractivity contribution in [3.05, 3.63) is 24.3 Å². The Bertz CT molecular complexity index is 529. The number of carbonyl (C=O) groups excluding carboxylic acids is 2. The molecule has 0 aliphatic heterocycles. The Labute approximate surface area is 150 Å². The third-order valence-corrected chi connectivity index (χ3v) is 3.81. The Kier molecular flexibility index (Phi) is 9.43. The SMILES string of the molecule is CCCN(CC(C)C(=O)OC)C(=O)CCCOc1ccc(OC)cc1. The number of rotatable bonds is 11. The molecule has 1 atom stereocenters. The van der Waals surface area contributed by atoms with Crippen LogP contribution in [0.5, 0.6) is 11.5 Å². The number of esters is 1. The minimum Gasteiger partial charge on any atom is -0.497 e. The average molecular weight is 351 g/mol. The molecule has 0 fully saturated rings. The molecule has 6 heteroatoms. The van der Waals surface area contributed by atoms with Gasteiger partial charge in [-0.05, 0) is 37.1 Å². The van der Waals surface area contributed by atoms with Gasteiger partial charge in [0.2, 0.25) is 5.91 Å². The zero-order valence-corrected chi connectivity index (χ0v) is 15.6. The first kappa shape index (κ1) is 20.8. The molecule has 140 valence electrons. The van der Waals surface area contributed by atoms with Crippen molar-refractivity contribution in [2.24, 2.45) is 5.92 Å². The molecule has 0 bridgehead atoms. The van der Waals surface area contributed by atoms with E-state index in [0.29, 0.717) is 32.5 Å². The van der Waals surface area contributed by atoms with Crippen LogP contribution < -0.4 is 9.47 Å². The summed E-state index contributed by atoms with van der Waals surface area (Å²) in [4.78, 5) is 25.7. The van der Waals surface area contributed by atoms with Crippen LogP contribution in [0.3, 0.4) is 0 Å². The van der Waals surface area contributed by atoms with E-state index in [4.69, 9.17) is 14.2 Å². The second kappa shape index (κ2) is 11.3. The van der Waals surface area contributed by atoms with Crippen LogP contribution in [-0.2, 0) is 14.3 Å². The Morgan fingerprint density at radius 1 is 1.12 bits per heavy atom. The van der Waals surface area contributed by atoms with Crippen LogP contribution in [0.2, 0.25) is 0 Å². The molecule has 1 rings (SSSR count). The fraction of sp³-hybridized carbons (Fsp3) is 0.579. The Balaban J connectivity index is 2.39. The lowest BCUT2D eigenvalue weighted by Gasteiger charge is -2.24. The highest BCUT2D eigenvalue weighted by Gasteiger charge is 2.20. The first-order valence-electron chi connectivity index (χ1n) is 8.64. The van der Waals surface area contributed by atoms with Gasteiger partial charge in [0.05, 0.1) is 26.7 Å². The monoisotopic (exact) mass is 351 g/mol.